The molecule has 1 fully saturated rings. The number of carbonyl (C=O) groups is 1. The fourth-order valence-corrected chi connectivity index (χ4v) is 5.00. The molecule has 36 heavy (non-hydrogen) atoms. The van der Waals surface area contributed by atoms with Gasteiger partial charge in [0, 0.05) is 23.9 Å². The zero-order chi connectivity index (χ0) is 24.5. The lowest BCUT2D eigenvalue weighted by Crippen LogP contribution is -2.25. The Labute approximate surface area is 222 Å². The van der Waals surface area contributed by atoms with Gasteiger partial charge in [-0.25, -0.2) is 4.98 Å². The monoisotopic (exact) mass is 525 g/mol. The molecule has 5 rings (SSSR count). The zero-order valence-electron chi connectivity index (χ0n) is 20.5. The molecule has 0 aliphatic carbocycles. The molecule has 188 valence electrons. The number of anilines is 1. The van der Waals surface area contributed by atoms with Crippen LogP contribution in [-0.4, -0.2) is 35.7 Å². The number of amides is 1. The Hall–Kier alpha value is -3.22. The summed E-state index contributed by atoms with van der Waals surface area (Å²) in [4.78, 5) is 19.8. The Bertz CT molecular complexity index is 1400. The fraction of sp³-hybridized carbons (Fsp3) is 0.286. The quantitative estimate of drug-likeness (QED) is 0.282. The van der Waals surface area contributed by atoms with Crippen LogP contribution in [0.25, 0.3) is 11.0 Å². The van der Waals surface area contributed by atoms with Gasteiger partial charge < -0.3 is 18.9 Å². The van der Waals surface area contributed by atoms with E-state index >= 15 is 0 Å². The number of methoxy groups -OCH3 is 1. The molecule has 8 heteroatoms. The molecule has 1 unspecified atom stereocenters. The van der Waals surface area contributed by atoms with Gasteiger partial charge in [-0.15, -0.1) is 12.4 Å². The van der Waals surface area contributed by atoms with Crippen LogP contribution in [0.1, 0.15) is 29.3 Å². The second-order valence-electron chi connectivity index (χ2n) is 8.95. The van der Waals surface area contributed by atoms with Gasteiger partial charge in [0.1, 0.15) is 23.9 Å². The third kappa shape index (κ3) is 5.01. The van der Waals surface area contributed by atoms with E-state index in [0.717, 1.165) is 28.2 Å². The predicted molar refractivity (Wildman–Crippen MR) is 146 cm³/mol. The lowest BCUT2D eigenvalue weighted by Gasteiger charge is -2.20. The predicted octanol–water partition coefficient (Wildman–Crippen LogP) is 6.34. The minimum Gasteiger partial charge on any atom is -0.495 e. The molecule has 1 aliphatic rings. The van der Waals surface area contributed by atoms with Crippen molar-refractivity contribution in [2.24, 2.45) is 0 Å². The van der Waals surface area contributed by atoms with Crippen LogP contribution in [0.15, 0.2) is 60.7 Å². The van der Waals surface area contributed by atoms with Crippen LogP contribution in [0.3, 0.4) is 0 Å². The van der Waals surface area contributed by atoms with E-state index in [4.69, 9.17) is 26.1 Å². The van der Waals surface area contributed by atoms with Crippen LogP contribution >= 0.6 is 24.0 Å². The number of benzene rings is 3. The number of carbonyl (C=O) groups excluding carboxylic acids is 1. The Kier molecular flexibility index (Phi) is 7.76. The SMILES string of the molecule is COc1ccc(Cl)cc1N1CC(c2nc3ccccc3n2CCOc2ccc(C)cc2C)CC1=O.Cl. The first-order valence-corrected chi connectivity index (χ1v) is 12.1. The highest BCUT2D eigenvalue weighted by molar-refractivity contribution is 6.31. The van der Waals surface area contributed by atoms with Gasteiger partial charge in [-0.3, -0.25) is 4.79 Å². The molecule has 1 atom stereocenters. The number of hydrogen-bond acceptors (Lipinski definition) is 4. The Balaban J connectivity index is 0.00000304. The topological polar surface area (TPSA) is 56.6 Å². The molecule has 2 heterocycles. The minimum absolute atomic E-state index is 0. The van der Waals surface area contributed by atoms with E-state index in [-0.39, 0.29) is 24.2 Å². The van der Waals surface area contributed by atoms with Gasteiger partial charge in [0.2, 0.25) is 5.91 Å². The van der Waals surface area contributed by atoms with Crippen molar-refractivity contribution in [3.63, 3.8) is 0 Å². The van der Waals surface area contributed by atoms with Crippen molar-refractivity contribution < 1.29 is 14.3 Å². The molecule has 6 nitrogen and oxygen atoms in total. The fourth-order valence-electron chi connectivity index (χ4n) is 4.84. The van der Waals surface area contributed by atoms with Gasteiger partial charge in [0.15, 0.2) is 0 Å². The number of halogens is 2. The molecule has 1 aromatic heterocycles. The third-order valence-electron chi connectivity index (χ3n) is 6.51. The molecule has 1 saturated heterocycles. The normalized spacial score (nSPS) is 15.3. The van der Waals surface area contributed by atoms with Crippen molar-refractivity contribution in [2.45, 2.75) is 32.7 Å². The van der Waals surface area contributed by atoms with Crippen LogP contribution < -0.4 is 14.4 Å². The highest BCUT2D eigenvalue weighted by Gasteiger charge is 2.36. The number of nitrogens with zero attached hydrogens (tertiary/aromatic N) is 3. The molecular weight excluding hydrogens is 497 g/mol. The van der Waals surface area contributed by atoms with Crippen molar-refractivity contribution in [1.29, 1.82) is 0 Å². The number of rotatable bonds is 7. The number of aryl methyl sites for hydroxylation is 2. The van der Waals surface area contributed by atoms with E-state index in [1.807, 2.05) is 24.3 Å². The van der Waals surface area contributed by atoms with Crippen molar-refractivity contribution >= 4 is 46.6 Å². The van der Waals surface area contributed by atoms with Crippen LogP contribution in [0.2, 0.25) is 5.02 Å². The molecule has 0 N–H and O–H groups in total. The molecule has 1 aliphatic heterocycles. The van der Waals surface area contributed by atoms with Crippen molar-refractivity contribution in [3.05, 3.63) is 82.6 Å². The Morgan fingerprint density at radius 2 is 1.83 bits per heavy atom. The highest BCUT2D eigenvalue weighted by atomic mass is 35.5. The maximum atomic E-state index is 13.1. The molecular formula is C28H29Cl2N3O3. The van der Waals surface area contributed by atoms with Crippen LogP contribution in [0.5, 0.6) is 11.5 Å². The van der Waals surface area contributed by atoms with E-state index in [9.17, 15) is 4.79 Å². The Morgan fingerprint density at radius 1 is 1.06 bits per heavy atom. The summed E-state index contributed by atoms with van der Waals surface area (Å²) in [5.41, 5.74) is 4.98. The second-order valence-corrected chi connectivity index (χ2v) is 9.39. The first kappa shape index (κ1) is 25.9. The zero-order valence-corrected chi connectivity index (χ0v) is 22.1. The number of ether oxygens (including phenoxy) is 2. The smallest absolute Gasteiger partial charge is 0.227 e. The summed E-state index contributed by atoms with van der Waals surface area (Å²) in [6.07, 6.45) is 0.372. The van der Waals surface area contributed by atoms with E-state index in [2.05, 4.69) is 36.6 Å². The second kappa shape index (κ2) is 10.8. The summed E-state index contributed by atoms with van der Waals surface area (Å²) in [5.74, 6) is 2.38. The number of fused-ring (bicyclic) bond motifs is 1. The summed E-state index contributed by atoms with van der Waals surface area (Å²) >= 11 is 6.24. The van der Waals surface area contributed by atoms with Gasteiger partial charge in [-0.05, 0) is 55.8 Å². The van der Waals surface area contributed by atoms with Crippen molar-refractivity contribution in [1.82, 2.24) is 9.55 Å². The van der Waals surface area contributed by atoms with Gasteiger partial charge in [-0.1, -0.05) is 41.4 Å². The average Bonchev–Trinajstić information content (AvgIpc) is 3.41. The maximum Gasteiger partial charge on any atom is 0.227 e. The van der Waals surface area contributed by atoms with Gasteiger partial charge >= 0.3 is 0 Å². The van der Waals surface area contributed by atoms with Gasteiger partial charge in [0.25, 0.3) is 0 Å². The van der Waals surface area contributed by atoms with Gasteiger partial charge in [-0.2, -0.15) is 0 Å². The summed E-state index contributed by atoms with van der Waals surface area (Å²) in [6, 6.07) is 19.6. The van der Waals surface area contributed by atoms with Crippen LogP contribution in [-0.2, 0) is 11.3 Å². The minimum atomic E-state index is -0.0558. The molecule has 0 radical (unpaired) electrons. The Morgan fingerprint density at radius 3 is 2.61 bits per heavy atom. The molecule has 1 amide bonds. The molecule has 0 bridgehead atoms. The molecule has 0 saturated carbocycles. The summed E-state index contributed by atoms with van der Waals surface area (Å²) < 4.78 is 13.8. The maximum absolute atomic E-state index is 13.1. The van der Waals surface area contributed by atoms with Crippen molar-refractivity contribution in [3.8, 4) is 11.5 Å². The van der Waals surface area contributed by atoms with E-state index in [0.29, 0.717) is 42.6 Å². The number of hydrogen-bond donors (Lipinski definition) is 0. The molecule has 0 spiro atoms. The third-order valence-corrected chi connectivity index (χ3v) is 6.74. The van der Waals surface area contributed by atoms with E-state index < -0.39 is 0 Å². The molecule has 4 aromatic rings. The summed E-state index contributed by atoms with van der Waals surface area (Å²) in [5, 5.41) is 0.563. The summed E-state index contributed by atoms with van der Waals surface area (Å²) in [7, 11) is 1.60. The first-order chi connectivity index (χ1) is 16.9. The number of aromatic nitrogens is 2. The van der Waals surface area contributed by atoms with E-state index in [1.54, 1.807) is 30.2 Å². The van der Waals surface area contributed by atoms with Gasteiger partial charge in [0.05, 0.1) is 30.4 Å². The average molecular weight is 526 g/mol. The van der Waals surface area contributed by atoms with Crippen molar-refractivity contribution in [2.75, 3.05) is 25.2 Å². The highest BCUT2D eigenvalue weighted by Crippen LogP contribution is 2.38. The van der Waals surface area contributed by atoms with E-state index in [1.165, 1.54) is 5.56 Å². The van der Waals surface area contributed by atoms with Crippen LogP contribution in [0.4, 0.5) is 5.69 Å². The largest absolute Gasteiger partial charge is 0.495 e. The number of para-hydroxylation sites is 2. The lowest BCUT2D eigenvalue weighted by molar-refractivity contribution is -0.117. The standard InChI is InChI=1S/C28H28ClN3O3.ClH/c1-18-8-10-25(19(2)14-18)35-13-12-31-23-7-5-4-6-22(23)30-28(31)20-15-27(33)32(17-20)24-16-21(29)9-11-26(24)34-3;/h4-11,14,16,20H,12-13,15,17H2,1-3H3;1H. The first-order valence-electron chi connectivity index (χ1n) is 11.7. The lowest BCUT2D eigenvalue weighted by atomic mass is 10.1. The summed E-state index contributed by atoms with van der Waals surface area (Å²) in [6.45, 7) is 5.78. The molecule has 3 aromatic carbocycles. The number of imidazole rings is 1. The van der Waals surface area contributed by atoms with Crippen LogP contribution in [0, 0.1) is 13.8 Å².